The Kier molecular flexibility index (Phi) is 4.36. The van der Waals surface area contributed by atoms with Crippen molar-refractivity contribution in [3.63, 3.8) is 0 Å². The summed E-state index contributed by atoms with van der Waals surface area (Å²) in [5.41, 5.74) is 0.794. The van der Waals surface area contributed by atoms with Crippen molar-refractivity contribution >= 4 is 43.2 Å². The van der Waals surface area contributed by atoms with Gasteiger partial charge in [0.15, 0.2) is 0 Å². The fourth-order valence-corrected chi connectivity index (χ4v) is 3.89. The number of rotatable bonds is 3. The summed E-state index contributed by atoms with van der Waals surface area (Å²) in [5, 5.41) is 0.474. The molecule has 3 nitrogen and oxygen atoms in total. The number of hydrogen-bond donors (Lipinski definition) is 1. The number of nitrogens with one attached hydrogen (secondary N) is 1. The van der Waals surface area contributed by atoms with Gasteiger partial charge in [-0.3, -0.25) is 4.72 Å². The minimum atomic E-state index is -3.86. The zero-order valence-electron chi connectivity index (χ0n) is 10.3. The van der Waals surface area contributed by atoms with Crippen molar-refractivity contribution in [1.82, 2.24) is 0 Å². The quantitative estimate of drug-likeness (QED) is 0.863. The van der Waals surface area contributed by atoms with Crippen LogP contribution in [-0.4, -0.2) is 8.42 Å². The maximum atomic E-state index is 13.2. The average Bonchev–Trinajstić information content (AvgIpc) is 2.35. The van der Waals surface area contributed by atoms with Gasteiger partial charge in [-0.25, -0.2) is 12.8 Å². The van der Waals surface area contributed by atoms with Gasteiger partial charge in [-0.2, -0.15) is 0 Å². The lowest BCUT2D eigenvalue weighted by atomic mass is 10.2. The molecule has 0 spiro atoms. The summed E-state index contributed by atoms with van der Waals surface area (Å²) in [6, 6.07) is 8.27. The van der Waals surface area contributed by atoms with Crippen LogP contribution < -0.4 is 4.72 Å². The van der Waals surface area contributed by atoms with E-state index in [-0.39, 0.29) is 4.90 Å². The molecule has 0 heterocycles. The van der Waals surface area contributed by atoms with Gasteiger partial charge >= 0.3 is 0 Å². The zero-order chi connectivity index (χ0) is 14.9. The van der Waals surface area contributed by atoms with Crippen LogP contribution in [0.1, 0.15) is 5.56 Å². The molecule has 0 atom stereocenters. The second-order valence-corrected chi connectivity index (χ2v) is 7.08. The Morgan fingerprint density at radius 3 is 2.55 bits per heavy atom. The SMILES string of the molecule is Cc1ccc(F)cc1S(=O)(=O)Nc1ccc(Cl)cc1Br. The highest BCUT2D eigenvalue weighted by molar-refractivity contribution is 9.10. The van der Waals surface area contributed by atoms with E-state index in [0.717, 1.165) is 6.07 Å². The van der Waals surface area contributed by atoms with E-state index in [9.17, 15) is 12.8 Å². The fourth-order valence-electron chi connectivity index (χ4n) is 1.64. The molecule has 0 saturated heterocycles. The predicted octanol–water partition coefficient (Wildman–Crippen LogP) is 4.35. The van der Waals surface area contributed by atoms with Crippen molar-refractivity contribution in [2.75, 3.05) is 4.72 Å². The molecule has 0 aliphatic heterocycles. The number of benzene rings is 2. The number of anilines is 1. The number of aryl methyl sites for hydroxylation is 1. The Morgan fingerprint density at radius 1 is 1.20 bits per heavy atom. The van der Waals surface area contributed by atoms with Crippen molar-refractivity contribution in [2.45, 2.75) is 11.8 Å². The first kappa shape index (κ1) is 15.3. The Hall–Kier alpha value is -1.11. The van der Waals surface area contributed by atoms with Gasteiger partial charge in [0, 0.05) is 9.50 Å². The fraction of sp³-hybridized carbons (Fsp3) is 0.0769. The maximum Gasteiger partial charge on any atom is 0.262 e. The lowest BCUT2D eigenvalue weighted by molar-refractivity contribution is 0.594. The van der Waals surface area contributed by atoms with Gasteiger partial charge in [0.05, 0.1) is 10.6 Å². The van der Waals surface area contributed by atoms with Crippen molar-refractivity contribution in [3.05, 3.63) is 57.3 Å². The molecule has 106 valence electrons. The summed E-state index contributed by atoms with van der Waals surface area (Å²) in [6.45, 7) is 1.60. The normalized spacial score (nSPS) is 11.4. The molecule has 0 saturated carbocycles. The van der Waals surface area contributed by atoms with Crippen molar-refractivity contribution < 1.29 is 12.8 Å². The summed E-state index contributed by atoms with van der Waals surface area (Å²) in [5.74, 6) is -0.605. The smallest absolute Gasteiger partial charge is 0.262 e. The van der Waals surface area contributed by atoms with Crippen LogP contribution in [0.15, 0.2) is 45.8 Å². The number of halogens is 3. The molecule has 0 unspecified atom stereocenters. The number of hydrogen-bond acceptors (Lipinski definition) is 2. The third-order valence-corrected chi connectivity index (χ3v) is 5.01. The highest BCUT2D eigenvalue weighted by Gasteiger charge is 2.18. The van der Waals surface area contributed by atoms with Crippen LogP contribution in [0.4, 0.5) is 10.1 Å². The summed E-state index contributed by atoms with van der Waals surface area (Å²) in [6.07, 6.45) is 0. The van der Waals surface area contributed by atoms with Gasteiger partial charge in [0.1, 0.15) is 5.82 Å². The lowest BCUT2D eigenvalue weighted by Gasteiger charge is -2.12. The Morgan fingerprint density at radius 2 is 1.90 bits per heavy atom. The van der Waals surface area contributed by atoms with E-state index in [1.54, 1.807) is 19.1 Å². The van der Waals surface area contributed by atoms with Crippen LogP contribution in [0.3, 0.4) is 0 Å². The van der Waals surface area contributed by atoms with Gasteiger partial charge < -0.3 is 0 Å². The van der Waals surface area contributed by atoms with Gasteiger partial charge in [-0.05, 0) is 58.7 Å². The Bertz CT molecular complexity index is 765. The van der Waals surface area contributed by atoms with E-state index in [0.29, 0.717) is 20.7 Å². The monoisotopic (exact) mass is 377 g/mol. The van der Waals surface area contributed by atoms with Crippen LogP contribution in [-0.2, 0) is 10.0 Å². The van der Waals surface area contributed by atoms with E-state index in [1.165, 1.54) is 18.2 Å². The van der Waals surface area contributed by atoms with Crippen molar-refractivity contribution in [3.8, 4) is 0 Å². The third kappa shape index (κ3) is 3.31. The van der Waals surface area contributed by atoms with Gasteiger partial charge in [-0.1, -0.05) is 17.7 Å². The maximum absolute atomic E-state index is 13.2. The highest BCUT2D eigenvalue weighted by atomic mass is 79.9. The van der Waals surface area contributed by atoms with Crippen molar-refractivity contribution in [1.29, 1.82) is 0 Å². The molecular weight excluding hydrogens is 369 g/mol. The molecule has 2 aromatic rings. The molecule has 1 N–H and O–H groups in total. The molecule has 2 aromatic carbocycles. The van der Waals surface area contributed by atoms with Gasteiger partial charge in [0.25, 0.3) is 10.0 Å². The van der Waals surface area contributed by atoms with Crippen LogP contribution >= 0.6 is 27.5 Å². The zero-order valence-corrected chi connectivity index (χ0v) is 13.5. The summed E-state index contributed by atoms with van der Waals surface area (Å²) in [7, 11) is -3.86. The first-order valence-electron chi connectivity index (χ1n) is 5.53. The van der Waals surface area contributed by atoms with Crippen LogP contribution in [0.25, 0.3) is 0 Å². The number of sulfonamides is 1. The molecule has 0 radical (unpaired) electrons. The molecule has 20 heavy (non-hydrogen) atoms. The second kappa shape index (κ2) is 5.71. The molecule has 0 aromatic heterocycles. The largest absolute Gasteiger partial charge is 0.278 e. The van der Waals surface area contributed by atoms with Crippen LogP contribution in [0.2, 0.25) is 5.02 Å². The molecule has 0 bridgehead atoms. The van der Waals surface area contributed by atoms with E-state index >= 15 is 0 Å². The summed E-state index contributed by atoms with van der Waals surface area (Å²) in [4.78, 5) is -0.0978. The molecule has 0 fully saturated rings. The third-order valence-electron chi connectivity index (χ3n) is 2.62. The Labute approximate surface area is 130 Å². The van der Waals surface area contributed by atoms with E-state index in [2.05, 4.69) is 20.7 Å². The van der Waals surface area contributed by atoms with Crippen LogP contribution in [0, 0.1) is 12.7 Å². The van der Waals surface area contributed by atoms with E-state index < -0.39 is 15.8 Å². The average molecular weight is 379 g/mol. The molecule has 7 heteroatoms. The van der Waals surface area contributed by atoms with Gasteiger partial charge in [-0.15, -0.1) is 0 Å². The predicted molar refractivity (Wildman–Crippen MR) is 81.1 cm³/mol. The van der Waals surface area contributed by atoms with E-state index in [4.69, 9.17) is 11.6 Å². The Balaban J connectivity index is 2.43. The standard InChI is InChI=1S/C13H10BrClFNO2S/c1-8-2-4-10(16)7-13(8)20(18,19)17-12-5-3-9(15)6-11(12)14/h2-7,17H,1H3. The summed E-state index contributed by atoms with van der Waals surface area (Å²) < 4.78 is 40.7. The van der Waals surface area contributed by atoms with Gasteiger partial charge in [0.2, 0.25) is 0 Å². The second-order valence-electron chi connectivity index (χ2n) is 4.14. The molecule has 0 aliphatic carbocycles. The first-order valence-corrected chi connectivity index (χ1v) is 8.19. The molecule has 2 rings (SSSR count). The minimum absolute atomic E-state index is 0.0978. The topological polar surface area (TPSA) is 46.2 Å². The molecular formula is C13H10BrClFNO2S. The molecule has 0 amide bonds. The lowest BCUT2D eigenvalue weighted by Crippen LogP contribution is -2.14. The first-order chi connectivity index (χ1) is 9.29. The highest BCUT2D eigenvalue weighted by Crippen LogP contribution is 2.28. The van der Waals surface area contributed by atoms with E-state index in [1.807, 2.05) is 0 Å². The minimum Gasteiger partial charge on any atom is -0.278 e. The van der Waals surface area contributed by atoms with Crippen molar-refractivity contribution in [2.24, 2.45) is 0 Å². The van der Waals surface area contributed by atoms with Crippen LogP contribution in [0.5, 0.6) is 0 Å². The summed E-state index contributed by atoms with van der Waals surface area (Å²) >= 11 is 9.01. The molecule has 0 aliphatic rings.